The van der Waals surface area contributed by atoms with Gasteiger partial charge in [-0.3, -0.25) is 4.79 Å². The Hall–Kier alpha value is -2.87. The van der Waals surface area contributed by atoms with Gasteiger partial charge in [0.1, 0.15) is 0 Å². The van der Waals surface area contributed by atoms with Crippen LogP contribution in [0.2, 0.25) is 0 Å². The van der Waals surface area contributed by atoms with Crippen LogP contribution in [0.15, 0.2) is 78.9 Å². The molecule has 0 aromatic heterocycles. The zero-order chi connectivity index (χ0) is 20.1. The van der Waals surface area contributed by atoms with Gasteiger partial charge in [0.15, 0.2) is 0 Å². The quantitative estimate of drug-likeness (QED) is 0.579. The molecule has 1 N–H and O–H groups in total. The highest BCUT2D eigenvalue weighted by Gasteiger charge is 2.15. The molecule has 0 bridgehead atoms. The Kier molecular flexibility index (Phi) is 5.99. The van der Waals surface area contributed by atoms with Gasteiger partial charge in [-0.1, -0.05) is 99.6 Å². The van der Waals surface area contributed by atoms with Gasteiger partial charge in [0, 0.05) is 0 Å². The average Bonchev–Trinajstić information content (AvgIpc) is 2.68. The van der Waals surface area contributed by atoms with Crippen molar-refractivity contribution in [3.05, 3.63) is 95.6 Å². The lowest BCUT2D eigenvalue weighted by atomic mass is 9.86. The van der Waals surface area contributed by atoms with E-state index in [1.807, 2.05) is 37.3 Å². The number of hydrogen-bond acceptors (Lipinski definition) is 1. The monoisotopic (exact) mass is 371 g/mol. The van der Waals surface area contributed by atoms with Crippen molar-refractivity contribution < 1.29 is 4.79 Å². The molecular weight excluding hydrogens is 342 g/mol. The molecule has 3 aromatic carbocycles. The Morgan fingerprint density at radius 1 is 0.821 bits per heavy atom. The lowest BCUT2D eigenvalue weighted by Crippen LogP contribution is -2.28. The molecule has 0 aliphatic rings. The first kappa shape index (κ1) is 19.9. The zero-order valence-electron chi connectivity index (χ0n) is 17.2. The number of benzene rings is 3. The molecule has 2 heteroatoms. The minimum Gasteiger partial charge on any atom is -0.349 e. The Morgan fingerprint density at radius 3 is 1.96 bits per heavy atom. The minimum absolute atomic E-state index is 0.00916. The van der Waals surface area contributed by atoms with Gasteiger partial charge in [-0.05, 0) is 40.2 Å². The maximum absolute atomic E-state index is 12.5. The van der Waals surface area contributed by atoms with E-state index < -0.39 is 0 Å². The number of hydrogen-bond donors (Lipinski definition) is 1. The van der Waals surface area contributed by atoms with Crippen LogP contribution in [0, 0.1) is 0 Å². The zero-order valence-corrected chi connectivity index (χ0v) is 17.2. The van der Waals surface area contributed by atoms with Crippen molar-refractivity contribution in [1.82, 2.24) is 5.32 Å². The van der Waals surface area contributed by atoms with Crippen molar-refractivity contribution in [2.75, 3.05) is 0 Å². The normalized spacial score (nSPS) is 12.4. The summed E-state index contributed by atoms with van der Waals surface area (Å²) in [6, 6.07) is 27.0. The topological polar surface area (TPSA) is 29.1 Å². The Morgan fingerprint density at radius 2 is 1.39 bits per heavy atom. The molecule has 1 atom stereocenters. The summed E-state index contributed by atoms with van der Waals surface area (Å²) in [7, 11) is 0. The summed E-state index contributed by atoms with van der Waals surface area (Å²) < 4.78 is 0. The highest BCUT2D eigenvalue weighted by molar-refractivity contribution is 5.79. The summed E-state index contributed by atoms with van der Waals surface area (Å²) in [5.41, 5.74) is 5.93. The molecule has 0 fully saturated rings. The van der Waals surface area contributed by atoms with E-state index >= 15 is 0 Å². The molecule has 1 amide bonds. The Bertz CT molecular complexity index is 903. The summed E-state index contributed by atoms with van der Waals surface area (Å²) >= 11 is 0. The molecule has 0 saturated carbocycles. The molecule has 2 nitrogen and oxygen atoms in total. The van der Waals surface area contributed by atoms with E-state index in [0.29, 0.717) is 6.42 Å². The fourth-order valence-electron chi connectivity index (χ4n) is 3.28. The highest BCUT2D eigenvalue weighted by atomic mass is 16.1. The molecule has 0 saturated heterocycles. The van der Waals surface area contributed by atoms with E-state index in [1.54, 1.807) is 0 Å². The van der Waals surface area contributed by atoms with Gasteiger partial charge >= 0.3 is 0 Å². The van der Waals surface area contributed by atoms with Gasteiger partial charge < -0.3 is 5.32 Å². The molecule has 144 valence electrons. The first-order chi connectivity index (χ1) is 13.3. The Labute approximate surface area is 168 Å². The molecule has 3 aromatic rings. The number of nitrogens with one attached hydrogen (secondary N) is 1. The minimum atomic E-state index is -0.00916. The Balaban J connectivity index is 1.59. The number of rotatable bonds is 5. The number of carbonyl (C=O) groups excluding carboxylic acids is 1. The van der Waals surface area contributed by atoms with Crippen molar-refractivity contribution in [3.8, 4) is 11.1 Å². The smallest absolute Gasteiger partial charge is 0.224 e. The second kappa shape index (κ2) is 8.43. The van der Waals surface area contributed by atoms with Gasteiger partial charge in [0.25, 0.3) is 0 Å². The van der Waals surface area contributed by atoms with Gasteiger partial charge in [-0.25, -0.2) is 0 Å². The van der Waals surface area contributed by atoms with E-state index in [4.69, 9.17) is 0 Å². The SMILES string of the molecule is C[C@H](NC(=O)Cc1ccc(-c2ccccc2)cc1)c1ccc(C(C)(C)C)cc1. The molecular formula is C26H29NO. The van der Waals surface area contributed by atoms with Crippen molar-refractivity contribution in [1.29, 1.82) is 0 Å². The molecule has 3 rings (SSSR count). The van der Waals surface area contributed by atoms with Crippen LogP contribution >= 0.6 is 0 Å². The van der Waals surface area contributed by atoms with Crippen LogP contribution in [0.4, 0.5) is 0 Å². The largest absolute Gasteiger partial charge is 0.349 e. The van der Waals surface area contributed by atoms with Crippen LogP contribution in [0.25, 0.3) is 11.1 Å². The predicted molar refractivity (Wildman–Crippen MR) is 117 cm³/mol. The second-order valence-corrected chi connectivity index (χ2v) is 8.40. The van der Waals surface area contributed by atoms with E-state index in [-0.39, 0.29) is 17.4 Å². The predicted octanol–water partition coefficient (Wildman–Crippen LogP) is 6.07. The van der Waals surface area contributed by atoms with E-state index in [0.717, 1.165) is 16.7 Å². The molecule has 28 heavy (non-hydrogen) atoms. The summed E-state index contributed by atoms with van der Waals surface area (Å²) in [5, 5.41) is 3.11. The fourth-order valence-corrected chi connectivity index (χ4v) is 3.28. The molecule has 0 spiro atoms. The lowest BCUT2D eigenvalue weighted by Gasteiger charge is -2.20. The third-order valence-electron chi connectivity index (χ3n) is 5.08. The highest BCUT2D eigenvalue weighted by Crippen LogP contribution is 2.24. The lowest BCUT2D eigenvalue weighted by molar-refractivity contribution is -0.121. The molecule has 0 aliphatic carbocycles. The van der Waals surface area contributed by atoms with Gasteiger partial charge in [-0.2, -0.15) is 0 Å². The molecule has 0 radical (unpaired) electrons. The van der Waals surface area contributed by atoms with Crippen molar-refractivity contribution in [2.24, 2.45) is 0 Å². The van der Waals surface area contributed by atoms with Crippen molar-refractivity contribution in [3.63, 3.8) is 0 Å². The summed E-state index contributed by atoms with van der Waals surface area (Å²) in [6.45, 7) is 8.64. The molecule has 0 aliphatic heterocycles. The van der Waals surface area contributed by atoms with Crippen LogP contribution in [0.5, 0.6) is 0 Å². The first-order valence-corrected chi connectivity index (χ1v) is 9.87. The molecule has 0 heterocycles. The van der Waals surface area contributed by atoms with Crippen LogP contribution < -0.4 is 5.32 Å². The van der Waals surface area contributed by atoms with Crippen LogP contribution in [-0.2, 0) is 16.6 Å². The van der Waals surface area contributed by atoms with Gasteiger partial charge in [0.05, 0.1) is 12.5 Å². The average molecular weight is 372 g/mol. The standard InChI is InChI=1S/C26H29NO/c1-19(21-14-16-24(17-15-21)26(2,3)4)27-25(28)18-20-10-12-23(13-11-20)22-8-6-5-7-9-22/h5-17,19H,18H2,1-4H3,(H,27,28)/t19-/m0/s1. The summed E-state index contributed by atoms with van der Waals surface area (Å²) in [4.78, 5) is 12.5. The third-order valence-corrected chi connectivity index (χ3v) is 5.08. The third kappa shape index (κ3) is 5.10. The maximum atomic E-state index is 12.5. The van der Waals surface area contributed by atoms with Crippen LogP contribution in [0.1, 0.15) is 50.4 Å². The van der Waals surface area contributed by atoms with Crippen LogP contribution in [0.3, 0.4) is 0 Å². The summed E-state index contributed by atoms with van der Waals surface area (Å²) in [5.74, 6) is 0.0415. The number of carbonyl (C=O) groups is 1. The maximum Gasteiger partial charge on any atom is 0.224 e. The van der Waals surface area contributed by atoms with E-state index in [1.165, 1.54) is 11.1 Å². The van der Waals surface area contributed by atoms with Crippen molar-refractivity contribution in [2.45, 2.75) is 45.6 Å². The van der Waals surface area contributed by atoms with Crippen LogP contribution in [-0.4, -0.2) is 5.91 Å². The van der Waals surface area contributed by atoms with Crippen molar-refractivity contribution >= 4 is 5.91 Å². The second-order valence-electron chi connectivity index (χ2n) is 8.40. The van der Waals surface area contributed by atoms with Gasteiger partial charge in [-0.15, -0.1) is 0 Å². The van der Waals surface area contributed by atoms with E-state index in [2.05, 4.69) is 74.6 Å². The fraction of sp³-hybridized carbons (Fsp3) is 0.269. The first-order valence-electron chi connectivity index (χ1n) is 9.87. The molecule has 0 unspecified atom stereocenters. The van der Waals surface area contributed by atoms with E-state index in [9.17, 15) is 4.79 Å². The number of amides is 1. The summed E-state index contributed by atoms with van der Waals surface area (Å²) in [6.07, 6.45) is 0.388. The van der Waals surface area contributed by atoms with Gasteiger partial charge in [0.2, 0.25) is 5.91 Å².